The Morgan fingerprint density at radius 3 is 1.28 bits per heavy atom. The molecule has 2 aliphatic rings. The molecule has 0 amide bonds. The van der Waals surface area contributed by atoms with Crippen molar-refractivity contribution in [1.29, 1.82) is 0 Å². The van der Waals surface area contributed by atoms with E-state index in [2.05, 4.69) is 13.8 Å². The number of carbonyl (C=O) groups excluding carboxylic acids is 4. The molecule has 0 aliphatic heterocycles. The zero-order valence-electron chi connectivity index (χ0n) is 25.1. The number of hydrogen-bond acceptors (Lipinski definition) is 8. The summed E-state index contributed by atoms with van der Waals surface area (Å²) in [6, 6.07) is 2.25. The Balaban J connectivity index is 1.43. The molecule has 8 nitrogen and oxygen atoms in total. The van der Waals surface area contributed by atoms with Gasteiger partial charge in [-0.25, -0.2) is 19.2 Å². The van der Waals surface area contributed by atoms with Gasteiger partial charge in [-0.3, -0.25) is 0 Å². The number of ether oxygens (including phenoxy) is 4. The fraction of sp³-hybridized carbons (Fsp3) is 0.500. The molecule has 0 heterocycles. The van der Waals surface area contributed by atoms with Gasteiger partial charge in [-0.2, -0.15) is 0 Å². The topological polar surface area (TPSA) is 105 Å². The van der Waals surface area contributed by atoms with Crippen molar-refractivity contribution in [2.75, 3.05) is 13.2 Å². The predicted molar refractivity (Wildman–Crippen MR) is 177 cm³/mol. The highest BCUT2D eigenvalue weighted by atomic mass is 35.5. The van der Waals surface area contributed by atoms with Crippen molar-refractivity contribution in [3.05, 3.63) is 53.4 Å². The minimum Gasteiger partial charge on any atom is -0.462 e. The van der Waals surface area contributed by atoms with Crippen molar-refractivity contribution in [3.63, 3.8) is 0 Å². The van der Waals surface area contributed by atoms with Crippen LogP contribution in [-0.4, -0.2) is 37.1 Å². The number of benzene rings is 2. The number of unbranched alkanes of at least 4 members (excludes halogenated alkanes) is 2. The first-order valence-corrected chi connectivity index (χ1v) is 17.2. The van der Waals surface area contributed by atoms with Crippen LogP contribution in [0, 0.1) is 23.7 Å². The van der Waals surface area contributed by atoms with Crippen LogP contribution < -0.4 is 9.47 Å². The van der Waals surface area contributed by atoms with E-state index in [1.54, 1.807) is 0 Å². The summed E-state index contributed by atoms with van der Waals surface area (Å²) < 4.78 is 21.0. The molecule has 2 saturated carbocycles. The lowest BCUT2D eigenvalue weighted by Gasteiger charge is -2.15. The Labute approximate surface area is 297 Å². The Kier molecular flexibility index (Phi) is 13.2. The molecular formula is C32H32Cl6O8. The summed E-state index contributed by atoms with van der Waals surface area (Å²) >= 11 is 37.2. The van der Waals surface area contributed by atoms with Gasteiger partial charge in [-0.05, 0) is 74.3 Å². The van der Waals surface area contributed by atoms with Gasteiger partial charge < -0.3 is 18.9 Å². The zero-order chi connectivity index (χ0) is 33.7. The molecule has 0 spiro atoms. The van der Waals surface area contributed by atoms with Crippen LogP contribution >= 0.6 is 69.6 Å². The van der Waals surface area contributed by atoms with Crippen LogP contribution in [0.2, 0.25) is 30.1 Å². The molecule has 250 valence electrons. The summed E-state index contributed by atoms with van der Waals surface area (Å²) in [5.41, 5.74) is -0.909. The van der Waals surface area contributed by atoms with Crippen LogP contribution in [0.1, 0.15) is 85.9 Å². The normalized spacial score (nSPS) is 19.7. The third-order valence-electron chi connectivity index (χ3n) is 8.17. The van der Waals surface area contributed by atoms with Gasteiger partial charge in [0.05, 0.1) is 43.3 Å². The first-order valence-electron chi connectivity index (χ1n) is 14.9. The van der Waals surface area contributed by atoms with Crippen LogP contribution in [0.4, 0.5) is 0 Å². The zero-order valence-corrected chi connectivity index (χ0v) is 29.6. The lowest BCUT2D eigenvalue weighted by molar-refractivity contribution is -0.156. The van der Waals surface area contributed by atoms with Gasteiger partial charge in [0.25, 0.3) is 0 Å². The van der Waals surface area contributed by atoms with Gasteiger partial charge in [0, 0.05) is 0 Å². The molecule has 0 bridgehead atoms. The largest absolute Gasteiger partial charge is 0.462 e. The average Bonchev–Trinajstić information content (AvgIpc) is 3.90. The third-order valence-corrected chi connectivity index (χ3v) is 10.3. The second-order valence-corrected chi connectivity index (χ2v) is 14.1. The molecular weight excluding hydrogens is 725 g/mol. The number of halogens is 6. The minimum absolute atomic E-state index is 0.0737. The average molecular weight is 757 g/mol. The minimum atomic E-state index is -1.64. The van der Waals surface area contributed by atoms with Crippen molar-refractivity contribution >= 4 is 93.5 Å². The quantitative estimate of drug-likeness (QED) is 0.0617. The maximum Gasteiger partial charge on any atom is 0.423 e. The summed E-state index contributed by atoms with van der Waals surface area (Å²) in [4.78, 5) is 51.8. The van der Waals surface area contributed by atoms with Gasteiger partial charge in [0.1, 0.15) is 11.1 Å². The molecule has 0 radical (unpaired) electrons. The van der Waals surface area contributed by atoms with Crippen molar-refractivity contribution < 1.29 is 38.1 Å². The lowest BCUT2D eigenvalue weighted by Crippen LogP contribution is -2.27. The fourth-order valence-electron chi connectivity index (χ4n) is 5.08. The first-order chi connectivity index (χ1) is 21.8. The summed E-state index contributed by atoms with van der Waals surface area (Å²) in [7, 11) is 0. The number of esters is 4. The Morgan fingerprint density at radius 2 is 0.957 bits per heavy atom. The van der Waals surface area contributed by atoms with Crippen LogP contribution in [0.25, 0.3) is 0 Å². The highest BCUT2D eigenvalue weighted by Crippen LogP contribution is 2.43. The van der Waals surface area contributed by atoms with Crippen LogP contribution in [-0.2, 0) is 19.1 Å². The molecule has 4 atom stereocenters. The molecule has 2 aromatic carbocycles. The predicted octanol–water partition coefficient (Wildman–Crippen LogP) is 10.1. The van der Waals surface area contributed by atoms with E-state index in [-0.39, 0.29) is 43.3 Å². The molecule has 4 rings (SSSR count). The summed E-state index contributed by atoms with van der Waals surface area (Å²) in [5, 5.41) is -1.45. The first kappa shape index (κ1) is 36.9. The molecule has 14 heteroatoms. The van der Waals surface area contributed by atoms with Crippen molar-refractivity contribution in [2.45, 2.75) is 65.2 Å². The van der Waals surface area contributed by atoms with E-state index >= 15 is 0 Å². The van der Waals surface area contributed by atoms with E-state index in [4.69, 9.17) is 88.6 Å². The second-order valence-electron chi connectivity index (χ2n) is 11.7. The van der Waals surface area contributed by atoms with E-state index in [1.807, 2.05) is 0 Å². The molecule has 2 aromatic rings. The van der Waals surface area contributed by atoms with E-state index in [0.29, 0.717) is 24.7 Å². The Hall–Kier alpha value is -1.94. The molecule has 2 aliphatic carbocycles. The van der Waals surface area contributed by atoms with Crippen molar-refractivity contribution in [3.8, 4) is 11.5 Å². The summed E-state index contributed by atoms with van der Waals surface area (Å²) in [5.74, 6) is -3.49. The van der Waals surface area contributed by atoms with Crippen molar-refractivity contribution in [1.82, 2.24) is 0 Å². The van der Waals surface area contributed by atoms with Crippen molar-refractivity contribution in [2.24, 2.45) is 23.7 Å². The van der Waals surface area contributed by atoms with E-state index in [1.165, 1.54) is 12.8 Å². The third kappa shape index (κ3) is 9.57. The van der Waals surface area contributed by atoms with Gasteiger partial charge in [0.2, 0.25) is 0 Å². The maximum absolute atomic E-state index is 13.0. The number of rotatable bonds is 14. The molecule has 4 unspecified atom stereocenters. The fourth-order valence-corrected chi connectivity index (χ4v) is 6.52. The monoisotopic (exact) mass is 754 g/mol. The molecule has 0 N–H and O–H groups in total. The number of hydrogen-bond donors (Lipinski definition) is 0. The molecule has 0 saturated heterocycles. The summed E-state index contributed by atoms with van der Waals surface area (Å²) in [6.45, 7) is 4.53. The van der Waals surface area contributed by atoms with E-state index in [0.717, 1.165) is 49.7 Å². The smallest absolute Gasteiger partial charge is 0.423 e. The van der Waals surface area contributed by atoms with Gasteiger partial charge in [-0.15, -0.1) is 0 Å². The molecule has 2 fully saturated rings. The maximum atomic E-state index is 13.0. The summed E-state index contributed by atoms with van der Waals surface area (Å²) in [6.07, 6.45) is 7.44. The van der Waals surface area contributed by atoms with Gasteiger partial charge in [0.15, 0.2) is 11.5 Å². The standard InChI is InChI=1S/C32H32Cl6O8/c1-15-11-17(15)7-3-5-9-43-29(39)23-25(37)19(33)13-21(35)27(23)45-31(41)32(42)46-28-22(36)14-20(34)26(38)24(28)30(40)44-10-6-4-8-18-12-16(18)2/h13-18H,3-12H2,1-2H3. The Bertz CT molecular complexity index is 1400. The van der Waals surface area contributed by atoms with E-state index < -0.39 is 46.5 Å². The van der Waals surface area contributed by atoms with Crippen LogP contribution in [0.3, 0.4) is 0 Å². The van der Waals surface area contributed by atoms with E-state index in [9.17, 15) is 19.2 Å². The van der Waals surface area contributed by atoms with Gasteiger partial charge in [-0.1, -0.05) is 96.3 Å². The SMILES string of the molecule is CC1CC1CCCCOC(=O)c1c(Cl)c(Cl)cc(Cl)c1OC(=O)C(=O)Oc1c(Cl)cc(Cl)c(Cl)c1C(=O)OCCCCC1CC1C. The van der Waals surface area contributed by atoms with Crippen LogP contribution in [0.5, 0.6) is 11.5 Å². The highest BCUT2D eigenvalue weighted by Gasteiger charge is 2.34. The second kappa shape index (κ2) is 16.4. The highest BCUT2D eigenvalue weighted by molar-refractivity contribution is 6.47. The molecule has 0 aromatic heterocycles. The van der Waals surface area contributed by atoms with Gasteiger partial charge >= 0.3 is 23.9 Å². The molecule has 46 heavy (non-hydrogen) atoms. The van der Waals surface area contributed by atoms with Crippen LogP contribution in [0.15, 0.2) is 12.1 Å². The lowest BCUT2D eigenvalue weighted by atomic mass is 10.1. The number of carbonyl (C=O) groups is 4. The Morgan fingerprint density at radius 1 is 0.609 bits per heavy atom.